The van der Waals surface area contributed by atoms with Gasteiger partial charge in [-0.15, -0.1) is 0 Å². The van der Waals surface area contributed by atoms with Crippen molar-refractivity contribution in [1.82, 2.24) is 24.8 Å². The maximum absolute atomic E-state index is 10.9. The van der Waals surface area contributed by atoms with Gasteiger partial charge in [-0.2, -0.15) is 0 Å². The van der Waals surface area contributed by atoms with Crippen LogP contribution in [-0.4, -0.2) is 54.8 Å². The molecule has 11 heteroatoms. The Morgan fingerprint density at radius 1 is 1.43 bits per heavy atom. The van der Waals surface area contributed by atoms with Gasteiger partial charge in [0.1, 0.15) is 18.2 Å². The van der Waals surface area contributed by atoms with Crippen LogP contribution in [0.2, 0.25) is 0 Å². The van der Waals surface area contributed by atoms with Crippen molar-refractivity contribution in [3.05, 3.63) is 12.7 Å². The van der Waals surface area contributed by atoms with Gasteiger partial charge in [0.2, 0.25) is 0 Å². The second-order valence-corrected chi connectivity index (χ2v) is 6.40. The van der Waals surface area contributed by atoms with Crippen LogP contribution in [0.25, 0.3) is 11.2 Å². The van der Waals surface area contributed by atoms with Crippen molar-refractivity contribution in [3.63, 3.8) is 0 Å². The van der Waals surface area contributed by atoms with Crippen molar-refractivity contribution in [2.75, 3.05) is 25.2 Å². The highest BCUT2D eigenvalue weighted by molar-refractivity contribution is 7.51. The molecule has 1 fully saturated rings. The Morgan fingerprint density at radius 3 is 3.00 bits per heavy atom. The van der Waals surface area contributed by atoms with Crippen LogP contribution in [0.3, 0.4) is 0 Å². The summed E-state index contributed by atoms with van der Waals surface area (Å²) >= 11 is 0. The third-order valence-electron chi connectivity index (χ3n) is 3.33. The van der Waals surface area contributed by atoms with E-state index < -0.39 is 13.9 Å². The predicted molar refractivity (Wildman–Crippen MR) is 73.4 cm³/mol. The van der Waals surface area contributed by atoms with E-state index in [2.05, 4.69) is 20.3 Å². The maximum atomic E-state index is 10.9. The monoisotopic (exact) mass is 314 g/mol. The van der Waals surface area contributed by atoms with Gasteiger partial charge in [0.15, 0.2) is 11.5 Å². The van der Waals surface area contributed by atoms with Crippen molar-refractivity contribution in [2.45, 2.75) is 12.1 Å². The normalized spacial score (nSPS) is 23.0. The first-order chi connectivity index (χ1) is 9.96. The van der Waals surface area contributed by atoms with E-state index in [-0.39, 0.29) is 18.0 Å². The highest BCUT2D eigenvalue weighted by Crippen LogP contribution is 2.36. The lowest BCUT2D eigenvalue weighted by Gasteiger charge is -2.20. The summed E-state index contributed by atoms with van der Waals surface area (Å²) in [6, 6.07) is -0.171. The van der Waals surface area contributed by atoms with E-state index >= 15 is 0 Å². The number of ether oxygens (including phenoxy) is 1. The molecule has 1 saturated heterocycles. The average molecular weight is 314 g/mol. The van der Waals surface area contributed by atoms with Crippen molar-refractivity contribution in [3.8, 4) is 0 Å². The summed E-state index contributed by atoms with van der Waals surface area (Å²) in [4.78, 5) is 30.0. The summed E-state index contributed by atoms with van der Waals surface area (Å²) in [7, 11) is -4.20. The molecular weight excluding hydrogens is 299 g/mol. The average Bonchev–Trinajstić information content (AvgIpc) is 3.01. The Kier molecular flexibility index (Phi) is 3.64. The van der Waals surface area contributed by atoms with Crippen molar-refractivity contribution in [2.24, 2.45) is 0 Å². The van der Waals surface area contributed by atoms with Gasteiger partial charge >= 0.3 is 7.60 Å². The van der Waals surface area contributed by atoms with E-state index in [0.717, 1.165) is 0 Å². The van der Waals surface area contributed by atoms with E-state index in [9.17, 15) is 4.57 Å². The van der Waals surface area contributed by atoms with Crippen LogP contribution in [0, 0.1) is 0 Å². The molecule has 0 aromatic carbocycles. The van der Waals surface area contributed by atoms with E-state index in [1.807, 2.05) is 0 Å². The topological polar surface area (TPSA) is 148 Å². The lowest BCUT2D eigenvalue weighted by Crippen LogP contribution is -2.26. The number of hydrogen-bond acceptors (Lipinski definition) is 7. The number of nitrogens with zero attached hydrogens (tertiary/aromatic N) is 4. The van der Waals surface area contributed by atoms with E-state index in [1.54, 1.807) is 10.9 Å². The maximum Gasteiger partial charge on any atom is 0.350 e. The van der Waals surface area contributed by atoms with Gasteiger partial charge in [-0.3, -0.25) is 4.57 Å². The molecule has 1 aliphatic rings. The fraction of sp³-hybridized carbons (Fsp3) is 0.500. The van der Waals surface area contributed by atoms with E-state index in [1.165, 1.54) is 6.33 Å². The smallest absolute Gasteiger partial charge is 0.350 e. The molecule has 0 aliphatic carbocycles. The van der Waals surface area contributed by atoms with Crippen LogP contribution in [0.5, 0.6) is 0 Å². The molecule has 21 heavy (non-hydrogen) atoms. The molecule has 10 nitrogen and oxygen atoms in total. The summed E-state index contributed by atoms with van der Waals surface area (Å²) in [5, 5.41) is 3.13. The van der Waals surface area contributed by atoms with Crippen LogP contribution in [0.4, 0.5) is 5.82 Å². The minimum Gasteiger partial charge on any atom is -0.382 e. The Labute approximate surface area is 119 Å². The number of nitrogens with two attached hydrogens (primary N) is 1. The molecule has 3 heterocycles. The van der Waals surface area contributed by atoms with Crippen molar-refractivity contribution >= 4 is 24.6 Å². The van der Waals surface area contributed by atoms with Gasteiger partial charge in [-0.1, -0.05) is 0 Å². The van der Waals surface area contributed by atoms with Crippen molar-refractivity contribution < 1.29 is 19.1 Å². The molecule has 114 valence electrons. The largest absolute Gasteiger partial charge is 0.382 e. The van der Waals surface area contributed by atoms with Gasteiger partial charge in [0.25, 0.3) is 0 Å². The summed E-state index contributed by atoms with van der Waals surface area (Å²) in [6.07, 6.45) is 1.94. The standard InChI is InChI=1S/C10H15N6O4P/c11-9-8-10(14-3-13-9)16(4-15-8)6-1-12-2-7(6)20-5-21(17,18)19/h3-4,6-7,12H,1-2,5H2,(H2,11,13,14)(H2,17,18,19)/t6-,7+/m1/s1. The summed E-state index contributed by atoms with van der Waals surface area (Å²) in [6.45, 7) is 1.08. The third kappa shape index (κ3) is 2.89. The lowest BCUT2D eigenvalue weighted by atomic mass is 10.2. The Bertz CT molecular complexity index is 700. The SMILES string of the molecule is Nc1ncnc2c1ncn2[C@@H]1CNC[C@@H]1OCP(=O)(O)O. The quantitative estimate of drug-likeness (QED) is 0.525. The number of anilines is 1. The summed E-state index contributed by atoms with van der Waals surface area (Å²) in [5.41, 5.74) is 6.81. The van der Waals surface area contributed by atoms with E-state index in [0.29, 0.717) is 24.3 Å². The summed E-state index contributed by atoms with van der Waals surface area (Å²) < 4.78 is 18.1. The molecule has 0 radical (unpaired) electrons. The number of imidazole rings is 1. The predicted octanol–water partition coefficient (Wildman–Crippen LogP) is -0.927. The van der Waals surface area contributed by atoms with Crippen LogP contribution >= 0.6 is 7.60 Å². The highest BCUT2D eigenvalue weighted by Gasteiger charge is 2.32. The first-order valence-electron chi connectivity index (χ1n) is 6.25. The van der Waals surface area contributed by atoms with Gasteiger partial charge in [-0.25, -0.2) is 15.0 Å². The molecule has 2 atom stereocenters. The molecule has 2 aromatic heterocycles. The van der Waals surface area contributed by atoms with Gasteiger partial charge in [0.05, 0.1) is 18.5 Å². The second kappa shape index (κ2) is 5.32. The van der Waals surface area contributed by atoms with Gasteiger partial charge in [-0.05, 0) is 0 Å². The number of nitrogens with one attached hydrogen (secondary N) is 1. The van der Waals surface area contributed by atoms with Gasteiger partial charge in [0, 0.05) is 13.1 Å². The zero-order valence-electron chi connectivity index (χ0n) is 11.0. The first-order valence-corrected chi connectivity index (χ1v) is 8.05. The number of fused-ring (bicyclic) bond motifs is 1. The highest BCUT2D eigenvalue weighted by atomic mass is 31.2. The molecular formula is C10H15N6O4P. The minimum atomic E-state index is -4.20. The van der Waals surface area contributed by atoms with Crippen molar-refractivity contribution in [1.29, 1.82) is 0 Å². The molecule has 0 saturated carbocycles. The molecule has 1 aliphatic heterocycles. The second-order valence-electron chi connectivity index (χ2n) is 4.81. The number of hydrogen-bond donors (Lipinski definition) is 4. The fourth-order valence-electron chi connectivity index (χ4n) is 2.39. The number of rotatable bonds is 4. The number of nitrogen functional groups attached to an aromatic ring is 1. The van der Waals surface area contributed by atoms with E-state index in [4.69, 9.17) is 20.3 Å². The van der Waals surface area contributed by atoms with Crippen LogP contribution in [-0.2, 0) is 9.30 Å². The Morgan fingerprint density at radius 2 is 2.24 bits per heavy atom. The lowest BCUT2D eigenvalue weighted by molar-refractivity contribution is 0.0625. The molecule has 2 aromatic rings. The fourth-order valence-corrected chi connectivity index (χ4v) is 2.78. The third-order valence-corrected chi connectivity index (χ3v) is 3.81. The zero-order chi connectivity index (χ0) is 15.0. The Balaban J connectivity index is 1.87. The summed E-state index contributed by atoms with van der Waals surface area (Å²) in [5.74, 6) is 0.289. The van der Waals surface area contributed by atoms with Crippen LogP contribution in [0.1, 0.15) is 6.04 Å². The molecule has 5 N–H and O–H groups in total. The molecule has 3 rings (SSSR count). The molecule has 0 bridgehead atoms. The molecule has 0 unspecified atom stereocenters. The Hall–Kier alpha value is -1.58. The van der Waals surface area contributed by atoms with Crippen LogP contribution < -0.4 is 11.1 Å². The molecule has 0 amide bonds. The van der Waals surface area contributed by atoms with Crippen LogP contribution in [0.15, 0.2) is 12.7 Å². The molecule has 0 spiro atoms. The first kappa shape index (κ1) is 14.4. The number of aromatic nitrogens is 4. The van der Waals surface area contributed by atoms with Gasteiger partial charge < -0.3 is 30.1 Å². The minimum absolute atomic E-state index is 0.171. The zero-order valence-corrected chi connectivity index (χ0v) is 11.8.